The summed E-state index contributed by atoms with van der Waals surface area (Å²) in [6.45, 7) is 7.13. The molecule has 0 aromatic heterocycles. The molecule has 0 radical (unpaired) electrons. The molecule has 1 aliphatic rings. The summed E-state index contributed by atoms with van der Waals surface area (Å²) < 4.78 is 0. The van der Waals surface area contributed by atoms with E-state index in [0.29, 0.717) is 12.5 Å². The Morgan fingerprint density at radius 2 is 2.15 bits per heavy atom. The number of amides is 1. The zero-order valence-electron chi connectivity index (χ0n) is 8.66. The topological polar surface area (TPSA) is 40.5 Å². The van der Waals surface area contributed by atoms with Crippen LogP contribution >= 0.6 is 0 Å². The highest BCUT2D eigenvalue weighted by atomic mass is 16.3. The van der Waals surface area contributed by atoms with Gasteiger partial charge in [0.15, 0.2) is 0 Å². The van der Waals surface area contributed by atoms with E-state index in [0.717, 1.165) is 13.0 Å². The number of likely N-dealkylation sites (tertiary alicyclic amines) is 1. The number of carbonyl (C=O) groups excluding carboxylic acids is 1. The Bertz CT molecular complexity index is 191. The summed E-state index contributed by atoms with van der Waals surface area (Å²) in [6.07, 6.45) is 0.580. The maximum absolute atomic E-state index is 11.6. The monoisotopic (exact) mass is 185 g/mol. The minimum absolute atomic E-state index is 0.0422. The number of aliphatic hydroxyl groups is 1. The number of rotatable bonds is 1. The van der Waals surface area contributed by atoms with Crippen molar-refractivity contribution in [1.82, 2.24) is 4.90 Å². The number of hydrogen-bond donors (Lipinski definition) is 1. The molecule has 76 valence electrons. The molecule has 0 bridgehead atoms. The SMILES string of the molecule is CC(C)C(=O)N1CC[C@@H](C)[C@@H](O)C1. The molecule has 1 fully saturated rings. The highest BCUT2D eigenvalue weighted by Gasteiger charge is 2.27. The second-order valence-corrected chi connectivity index (χ2v) is 4.27. The zero-order chi connectivity index (χ0) is 10.0. The third kappa shape index (κ3) is 2.44. The molecule has 1 N–H and O–H groups in total. The fourth-order valence-electron chi connectivity index (χ4n) is 1.61. The van der Waals surface area contributed by atoms with Gasteiger partial charge in [0.1, 0.15) is 0 Å². The van der Waals surface area contributed by atoms with Crippen LogP contribution in [0.15, 0.2) is 0 Å². The average molecular weight is 185 g/mol. The molecule has 3 heteroatoms. The van der Waals surface area contributed by atoms with Crippen molar-refractivity contribution in [2.24, 2.45) is 11.8 Å². The van der Waals surface area contributed by atoms with Gasteiger partial charge >= 0.3 is 0 Å². The Labute approximate surface area is 79.7 Å². The van der Waals surface area contributed by atoms with Crippen molar-refractivity contribution in [2.45, 2.75) is 33.3 Å². The van der Waals surface area contributed by atoms with Gasteiger partial charge in [-0.3, -0.25) is 4.79 Å². The lowest BCUT2D eigenvalue weighted by molar-refractivity contribution is -0.138. The number of nitrogens with zero attached hydrogens (tertiary/aromatic N) is 1. The Morgan fingerprint density at radius 1 is 1.54 bits per heavy atom. The van der Waals surface area contributed by atoms with Crippen molar-refractivity contribution in [2.75, 3.05) is 13.1 Å². The minimum atomic E-state index is -0.337. The third-order valence-electron chi connectivity index (χ3n) is 2.72. The van der Waals surface area contributed by atoms with Gasteiger partial charge in [-0.15, -0.1) is 0 Å². The van der Waals surface area contributed by atoms with Crippen molar-refractivity contribution < 1.29 is 9.90 Å². The van der Waals surface area contributed by atoms with Gasteiger partial charge in [0.2, 0.25) is 5.91 Å². The lowest BCUT2D eigenvalue weighted by Gasteiger charge is -2.35. The minimum Gasteiger partial charge on any atom is -0.391 e. The van der Waals surface area contributed by atoms with Crippen molar-refractivity contribution in [3.8, 4) is 0 Å². The van der Waals surface area contributed by atoms with Crippen LogP contribution in [-0.4, -0.2) is 35.1 Å². The Morgan fingerprint density at radius 3 is 2.62 bits per heavy atom. The van der Waals surface area contributed by atoms with Gasteiger partial charge in [-0.25, -0.2) is 0 Å². The zero-order valence-corrected chi connectivity index (χ0v) is 8.66. The predicted molar refractivity (Wildman–Crippen MR) is 51.2 cm³/mol. The summed E-state index contributed by atoms with van der Waals surface area (Å²) in [5.41, 5.74) is 0. The smallest absolute Gasteiger partial charge is 0.225 e. The summed E-state index contributed by atoms with van der Waals surface area (Å²) in [5.74, 6) is 0.530. The fourth-order valence-corrected chi connectivity index (χ4v) is 1.61. The number of carbonyl (C=O) groups is 1. The van der Waals surface area contributed by atoms with E-state index in [4.69, 9.17) is 0 Å². The summed E-state index contributed by atoms with van der Waals surface area (Å²) >= 11 is 0. The standard InChI is InChI=1S/C10H19NO2/c1-7(2)10(13)11-5-4-8(3)9(12)6-11/h7-9,12H,4-6H2,1-3H3/t8-,9+/m1/s1. The van der Waals surface area contributed by atoms with Gasteiger partial charge < -0.3 is 10.0 Å². The van der Waals surface area contributed by atoms with Gasteiger partial charge in [-0.2, -0.15) is 0 Å². The summed E-state index contributed by atoms with van der Waals surface area (Å²) in [6, 6.07) is 0. The first-order valence-corrected chi connectivity index (χ1v) is 4.99. The maximum atomic E-state index is 11.6. The molecule has 1 amide bonds. The van der Waals surface area contributed by atoms with Crippen molar-refractivity contribution in [3.63, 3.8) is 0 Å². The van der Waals surface area contributed by atoms with Crippen LogP contribution in [-0.2, 0) is 4.79 Å². The van der Waals surface area contributed by atoms with Crippen molar-refractivity contribution in [3.05, 3.63) is 0 Å². The van der Waals surface area contributed by atoms with Gasteiger partial charge in [0, 0.05) is 19.0 Å². The van der Waals surface area contributed by atoms with E-state index in [1.807, 2.05) is 20.8 Å². The first-order valence-electron chi connectivity index (χ1n) is 4.99. The number of β-amino-alcohol motifs (C(OH)–C–C–N with tert-alkyl or cyclic N) is 1. The normalized spacial score (nSPS) is 29.5. The third-order valence-corrected chi connectivity index (χ3v) is 2.72. The largest absolute Gasteiger partial charge is 0.391 e. The first-order chi connectivity index (χ1) is 6.02. The fraction of sp³-hybridized carbons (Fsp3) is 0.900. The molecule has 0 saturated carbocycles. The highest BCUT2D eigenvalue weighted by Crippen LogP contribution is 2.18. The van der Waals surface area contributed by atoms with Crippen LogP contribution in [0.2, 0.25) is 0 Å². The van der Waals surface area contributed by atoms with Crippen LogP contribution in [0.1, 0.15) is 27.2 Å². The molecular formula is C10H19NO2. The molecule has 13 heavy (non-hydrogen) atoms. The van der Waals surface area contributed by atoms with Gasteiger partial charge in [0.05, 0.1) is 6.10 Å². The van der Waals surface area contributed by atoms with Gasteiger partial charge in [-0.1, -0.05) is 20.8 Å². The van der Waals surface area contributed by atoms with Gasteiger partial charge in [-0.05, 0) is 12.3 Å². The molecule has 2 atom stereocenters. The molecular weight excluding hydrogens is 166 g/mol. The van der Waals surface area contributed by atoms with E-state index in [-0.39, 0.29) is 17.9 Å². The molecule has 1 aliphatic heterocycles. The Hall–Kier alpha value is -0.570. The van der Waals surface area contributed by atoms with Crippen molar-refractivity contribution >= 4 is 5.91 Å². The Kier molecular flexibility index (Phi) is 3.31. The van der Waals surface area contributed by atoms with Crippen LogP contribution in [0.5, 0.6) is 0 Å². The predicted octanol–water partition coefficient (Wildman–Crippen LogP) is 0.872. The number of piperidine rings is 1. The van der Waals surface area contributed by atoms with Crippen LogP contribution < -0.4 is 0 Å². The van der Waals surface area contributed by atoms with Crippen LogP contribution in [0, 0.1) is 11.8 Å². The molecule has 1 rings (SSSR count). The number of hydrogen-bond acceptors (Lipinski definition) is 2. The maximum Gasteiger partial charge on any atom is 0.225 e. The van der Waals surface area contributed by atoms with Crippen LogP contribution in [0.25, 0.3) is 0 Å². The number of aliphatic hydroxyl groups excluding tert-OH is 1. The molecule has 0 unspecified atom stereocenters. The highest BCUT2D eigenvalue weighted by molar-refractivity contribution is 5.78. The van der Waals surface area contributed by atoms with Crippen molar-refractivity contribution in [1.29, 1.82) is 0 Å². The summed E-state index contributed by atoms with van der Waals surface area (Å²) in [7, 11) is 0. The van der Waals surface area contributed by atoms with E-state index in [2.05, 4.69) is 0 Å². The lowest BCUT2D eigenvalue weighted by Crippen LogP contribution is -2.47. The second kappa shape index (κ2) is 4.09. The van der Waals surface area contributed by atoms with E-state index < -0.39 is 0 Å². The Balaban J connectivity index is 2.50. The summed E-state index contributed by atoms with van der Waals surface area (Å²) in [4.78, 5) is 13.3. The lowest BCUT2D eigenvalue weighted by atomic mass is 9.95. The molecule has 3 nitrogen and oxygen atoms in total. The molecule has 1 heterocycles. The molecule has 0 spiro atoms. The molecule has 0 aliphatic carbocycles. The van der Waals surface area contributed by atoms with E-state index in [1.165, 1.54) is 0 Å². The molecule has 1 saturated heterocycles. The second-order valence-electron chi connectivity index (χ2n) is 4.27. The van der Waals surface area contributed by atoms with E-state index in [1.54, 1.807) is 4.90 Å². The van der Waals surface area contributed by atoms with Crippen LogP contribution in [0.3, 0.4) is 0 Å². The van der Waals surface area contributed by atoms with Crippen LogP contribution in [0.4, 0.5) is 0 Å². The van der Waals surface area contributed by atoms with E-state index in [9.17, 15) is 9.90 Å². The summed E-state index contributed by atoms with van der Waals surface area (Å²) in [5, 5.41) is 9.58. The molecule has 0 aromatic carbocycles. The molecule has 0 aromatic rings. The van der Waals surface area contributed by atoms with Gasteiger partial charge in [0.25, 0.3) is 0 Å². The average Bonchev–Trinajstić information content (AvgIpc) is 2.08. The first kappa shape index (κ1) is 10.5. The quantitative estimate of drug-likeness (QED) is 0.658. The van der Waals surface area contributed by atoms with E-state index >= 15 is 0 Å².